The van der Waals surface area contributed by atoms with E-state index in [1.807, 2.05) is 49.1 Å². The molecule has 4 nitrogen and oxygen atoms in total. The molecule has 0 bridgehead atoms. The number of hydrogen-bond donors (Lipinski definition) is 1. The molecule has 0 spiro atoms. The maximum atomic E-state index is 12.7. The average molecular weight is 289 g/mol. The van der Waals surface area contributed by atoms with E-state index in [9.17, 15) is 9.59 Å². The molecule has 2 rings (SSSR count). The van der Waals surface area contributed by atoms with Crippen molar-refractivity contribution in [3.63, 3.8) is 0 Å². The van der Waals surface area contributed by atoms with Crippen LogP contribution in [0.2, 0.25) is 0 Å². The summed E-state index contributed by atoms with van der Waals surface area (Å²) in [5, 5.41) is 9.15. The van der Waals surface area contributed by atoms with Crippen LogP contribution >= 0.6 is 0 Å². The van der Waals surface area contributed by atoms with E-state index in [0.717, 1.165) is 12.0 Å². The molecule has 0 aliphatic heterocycles. The number of rotatable bonds is 6. The van der Waals surface area contributed by atoms with Crippen molar-refractivity contribution in [2.45, 2.75) is 45.7 Å². The van der Waals surface area contributed by atoms with E-state index in [1.54, 1.807) is 0 Å². The lowest BCUT2D eigenvalue weighted by Crippen LogP contribution is -2.48. The molecule has 1 aliphatic carbocycles. The number of carbonyl (C=O) groups excluding carboxylic acids is 1. The number of carbonyl (C=O) groups is 2. The first-order chi connectivity index (χ1) is 10.0. The molecule has 0 aromatic heterocycles. The van der Waals surface area contributed by atoms with Crippen molar-refractivity contribution >= 4 is 11.9 Å². The number of amides is 1. The summed E-state index contributed by atoms with van der Waals surface area (Å²) in [7, 11) is 0. The highest BCUT2D eigenvalue weighted by Crippen LogP contribution is 2.36. The molecule has 1 aromatic rings. The molecule has 21 heavy (non-hydrogen) atoms. The minimum atomic E-state index is -0.844. The highest BCUT2D eigenvalue weighted by molar-refractivity contribution is 5.86. The number of benzene rings is 1. The van der Waals surface area contributed by atoms with Gasteiger partial charge in [-0.25, -0.2) is 0 Å². The van der Waals surface area contributed by atoms with Crippen LogP contribution in [0.1, 0.15) is 38.7 Å². The van der Waals surface area contributed by atoms with Gasteiger partial charge in [0, 0.05) is 12.6 Å². The molecule has 1 amide bonds. The van der Waals surface area contributed by atoms with Crippen molar-refractivity contribution in [3.05, 3.63) is 35.9 Å². The summed E-state index contributed by atoms with van der Waals surface area (Å²) in [5.41, 5.74) is 1.08. The Morgan fingerprint density at radius 3 is 2.33 bits per heavy atom. The van der Waals surface area contributed by atoms with E-state index < -0.39 is 11.9 Å². The minimum absolute atomic E-state index is 0.00754. The van der Waals surface area contributed by atoms with Crippen LogP contribution in [0, 0.1) is 11.8 Å². The molecule has 1 fully saturated rings. The molecule has 3 atom stereocenters. The molecule has 3 unspecified atom stereocenters. The topological polar surface area (TPSA) is 57.6 Å². The monoisotopic (exact) mass is 289 g/mol. The summed E-state index contributed by atoms with van der Waals surface area (Å²) in [5.74, 6) is -1.70. The largest absolute Gasteiger partial charge is 0.481 e. The Labute approximate surface area is 125 Å². The van der Waals surface area contributed by atoms with Crippen molar-refractivity contribution in [3.8, 4) is 0 Å². The van der Waals surface area contributed by atoms with E-state index in [-0.39, 0.29) is 17.9 Å². The predicted molar refractivity (Wildman–Crippen MR) is 80.6 cm³/mol. The van der Waals surface area contributed by atoms with Crippen LogP contribution in [0.25, 0.3) is 0 Å². The fourth-order valence-electron chi connectivity index (χ4n) is 2.76. The van der Waals surface area contributed by atoms with Gasteiger partial charge >= 0.3 is 5.97 Å². The van der Waals surface area contributed by atoms with Crippen molar-refractivity contribution in [1.82, 2.24) is 4.90 Å². The zero-order valence-electron chi connectivity index (χ0n) is 12.7. The maximum Gasteiger partial charge on any atom is 0.307 e. The number of carboxylic acid groups (broad SMARTS) is 1. The molecule has 0 saturated heterocycles. The fraction of sp³-hybridized carbons (Fsp3) is 0.529. The Kier molecular flexibility index (Phi) is 4.99. The summed E-state index contributed by atoms with van der Waals surface area (Å²) >= 11 is 0. The second kappa shape index (κ2) is 6.74. The third kappa shape index (κ3) is 3.43. The summed E-state index contributed by atoms with van der Waals surface area (Å²) in [6.45, 7) is 4.62. The SMILES string of the molecule is CCC(C)N(Cc1ccccc1)C(=O)C1CCC1C(=O)O. The molecular weight excluding hydrogens is 266 g/mol. The molecule has 1 saturated carbocycles. The van der Waals surface area contributed by atoms with Gasteiger partial charge in [0.25, 0.3) is 0 Å². The van der Waals surface area contributed by atoms with Gasteiger partial charge in [-0.3, -0.25) is 9.59 Å². The molecule has 0 heterocycles. The predicted octanol–water partition coefficient (Wildman–Crippen LogP) is 2.92. The van der Waals surface area contributed by atoms with E-state index in [0.29, 0.717) is 19.4 Å². The van der Waals surface area contributed by atoms with Crippen LogP contribution in [0.4, 0.5) is 0 Å². The first-order valence-electron chi connectivity index (χ1n) is 7.61. The Balaban J connectivity index is 2.12. The Bertz CT molecular complexity index is 500. The lowest BCUT2D eigenvalue weighted by Gasteiger charge is -2.38. The summed E-state index contributed by atoms with van der Waals surface area (Å²) in [4.78, 5) is 25.7. The smallest absolute Gasteiger partial charge is 0.307 e. The number of nitrogens with zero attached hydrogens (tertiary/aromatic N) is 1. The number of hydrogen-bond acceptors (Lipinski definition) is 2. The summed E-state index contributed by atoms with van der Waals surface area (Å²) in [6.07, 6.45) is 2.17. The highest BCUT2D eigenvalue weighted by Gasteiger charge is 2.43. The number of carboxylic acids is 1. The van der Waals surface area contributed by atoms with Crippen LogP contribution in [0.3, 0.4) is 0 Å². The first-order valence-corrected chi connectivity index (χ1v) is 7.61. The molecule has 1 N–H and O–H groups in total. The third-order valence-corrected chi connectivity index (χ3v) is 4.51. The zero-order valence-corrected chi connectivity index (χ0v) is 12.7. The van der Waals surface area contributed by atoms with Crippen LogP contribution in [-0.2, 0) is 16.1 Å². The van der Waals surface area contributed by atoms with Gasteiger partial charge in [0.05, 0.1) is 11.8 Å². The van der Waals surface area contributed by atoms with E-state index in [2.05, 4.69) is 0 Å². The summed E-state index contributed by atoms with van der Waals surface area (Å²) in [6, 6.07) is 9.98. The Hall–Kier alpha value is -1.84. The Morgan fingerprint density at radius 1 is 1.24 bits per heavy atom. The van der Waals surface area contributed by atoms with Gasteiger partial charge in [-0.2, -0.15) is 0 Å². The molecule has 4 heteroatoms. The van der Waals surface area contributed by atoms with Crippen LogP contribution in [0.5, 0.6) is 0 Å². The third-order valence-electron chi connectivity index (χ3n) is 4.51. The van der Waals surface area contributed by atoms with Crippen molar-refractivity contribution in [2.24, 2.45) is 11.8 Å². The second-order valence-corrected chi connectivity index (χ2v) is 5.84. The van der Waals surface area contributed by atoms with E-state index >= 15 is 0 Å². The van der Waals surface area contributed by atoms with Gasteiger partial charge in [-0.15, -0.1) is 0 Å². The standard InChI is InChI=1S/C17H23NO3/c1-3-12(2)18(11-13-7-5-4-6-8-13)16(19)14-9-10-15(14)17(20)21/h4-8,12,14-15H,3,9-11H2,1-2H3,(H,20,21). The first kappa shape index (κ1) is 15.5. The van der Waals surface area contributed by atoms with Gasteiger partial charge in [-0.05, 0) is 31.7 Å². The van der Waals surface area contributed by atoms with Crippen molar-refractivity contribution < 1.29 is 14.7 Å². The second-order valence-electron chi connectivity index (χ2n) is 5.84. The van der Waals surface area contributed by atoms with Crippen molar-refractivity contribution in [2.75, 3.05) is 0 Å². The van der Waals surface area contributed by atoms with Crippen molar-refractivity contribution in [1.29, 1.82) is 0 Å². The van der Waals surface area contributed by atoms with Gasteiger partial charge in [0.15, 0.2) is 0 Å². The molecular formula is C17H23NO3. The average Bonchev–Trinajstić information content (AvgIpc) is 2.43. The van der Waals surface area contributed by atoms with Crippen LogP contribution in [-0.4, -0.2) is 27.9 Å². The van der Waals surface area contributed by atoms with Gasteiger partial charge in [0.2, 0.25) is 5.91 Å². The Morgan fingerprint density at radius 2 is 1.86 bits per heavy atom. The quantitative estimate of drug-likeness (QED) is 0.876. The highest BCUT2D eigenvalue weighted by atomic mass is 16.4. The van der Waals surface area contributed by atoms with Gasteiger partial charge in [0.1, 0.15) is 0 Å². The van der Waals surface area contributed by atoms with Crippen LogP contribution in [0.15, 0.2) is 30.3 Å². The van der Waals surface area contributed by atoms with E-state index in [4.69, 9.17) is 5.11 Å². The summed E-state index contributed by atoms with van der Waals surface area (Å²) < 4.78 is 0. The molecule has 1 aromatic carbocycles. The van der Waals surface area contributed by atoms with Crippen LogP contribution < -0.4 is 0 Å². The maximum absolute atomic E-state index is 12.7. The fourth-order valence-corrected chi connectivity index (χ4v) is 2.76. The molecule has 0 radical (unpaired) electrons. The molecule has 1 aliphatic rings. The van der Waals surface area contributed by atoms with Gasteiger partial charge in [-0.1, -0.05) is 37.3 Å². The lowest BCUT2D eigenvalue weighted by atomic mass is 9.72. The van der Waals surface area contributed by atoms with E-state index in [1.165, 1.54) is 0 Å². The number of aliphatic carboxylic acids is 1. The zero-order chi connectivity index (χ0) is 15.4. The molecule has 114 valence electrons. The minimum Gasteiger partial charge on any atom is -0.481 e. The lowest BCUT2D eigenvalue weighted by molar-refractivity contribution is -0.158. The normalized spacial score (nSPS) is 22.2. The van der Waals surface area contributed by atoms with Gasteiger partial charge < -0.3 is 10.0 Å².